The molecule has 15 heavy (non-hydrogen) atoms. The van der Waals surface area contributed by atoms with E-state index in [2.05, 4.69) is 4.74 Å². The second-order valence-corrected chi connectivity index (χ2v) is 3.30. The van der Waals surface area contributed by atoms with E-state index < -0.39 is 6.16 Å². The van der Waals surface area contributed by atoms with Gasteiger partial charge in [-0.15, -0.1) is 0 Å². The second-order valence-electron chi connectivity index (χ2n) is 3.30. The molecule has 82 valence electrons. The first-order valence-electron chi connectivity index (χ1n) is 5.09. The first-order chi connectivity index (χ1) is 7.22. The highest BCUT2D eigenvalue weighted by atomic mass is 16.7. The SMILES string of the molecule is CCOC(=O)OC(C)Cc1ccccc1. The van der Waals surface area contributed by atoms with Crippen molar-refractivity contribution in [3.8, 4) is 0 Å². The fourth-order valence-electron chi connectivity index (χ4n) is 1.30. The Bertz CT molecular complexity index is 295. The number of hydrogen-bond donors (Lipinski definition) is 0. The normalized spacial score (nSPS) is 11.9. The van der Waals surface area contributed by atoms with Gasteiger partial charge in [-0.2, -0.15) is 0 Å². The molecule has 0 spiro atoms. The molecule has 0 aromatic heterocycles. The predicted octanol–water partition coefficient (Wildman–Crippen LogP) is 2.79. The average Bonchev–Trinajstić information content (AvgIpc) is 2.19. The molecule has 1 aromatic rings. The highest BCUT2D eigenvalue weighted by Crippen LogP contribution is 2.06. The van der Waals surface area contributed by atoms with Crippen molar-refractivity contribution >= 4 is 6.16 Å². The molecule has 1 atom stereocenters. The molecule has 3 heteroatoms. The van der Waals surface area contributed by atoms with Crippen LogP contribution in [0.5, 0.6) is 0 Å². The molecule has 0 radical (unpaired) electrons. The van der Waals surface area contributed by atoms with Gasteiger partial charge in [0.05, 0.1) is 6.61 Å². The van der Waals surface area contributed by atoms with Crippen molar-refractivity contribution in [2.45, 2.75) is 26.4 Å². The summed E-state index contributed by atoms with van der Waals surface area (Å²) >= 11 is 0. The Hall–Kier alpha value is -1.51. The molecule has 3 nitrogen and oxygen atoms in total. The Morgan fingerprint density at radius 2 is 2.00 bits per heavy atom. The van der Waals surface area contributed by atoms with Crippen molar-refractivity contribution in [2.75, 3.05) is 6.61 Å². The van der Waals surface area contributed by atoms with E-state index in [1.807, 2.05) is 37.3 Å². The number of benzene rings is 1. The quantitative estimate of drug-likeness (QED) is 0.714. The van der Waals surface area contributed by atoms with Gasteiger partial charge in [0.2, 0.25) is 0 Å². The Labute approximate surface area is 90.0 Å². The largest absolute Gasteiger partial charge is 0.508 e. The van der Waals surface area contributed by atoms with Gasteiger partial charge < -0.3 is 9.47 Å². The number of rotatable bonds is 4. The maximum atomic E-state index is 11.0. The first kappa shape index (κ1) is 11.6. The maximum Gasteiger partial charge on any atom is 0.508 e. The molecule has 0 heterocycles. The summed E-state index contributed by atoms with van der Waals surface area (Å²) in [5.41, 5.74) is 1.15. The number of hydrogen-bond acceptors (Lipinski definition) is 3. The van der Waals surface area contributed by atoms with E-state index in [0.717, 1.165) is 5.56 Å². The Kier molecular flexibility index (Phi) is 4.68. The molecule has 0 amide bonds. The molecule has 0 aliphatic carbocycles. The van der Waals surface area contributed by atoms with E-state index >= 15 is 0 Å². The van der Waals surface area contributed by atoms with Crippen molar-refractivity contribution in [1.29, 1.82) is 0 Å². The molecule has 0 aliphatic rings. The smallest absolute Gasteiger partial charge is 0.435 e. The summed E-state index contributed by atoms with van der Waals surface area (Å²) in [6, 6.07) is 9.90. The van der Waals surface area contributed by atoms with E-state index in [1.165, 1.54) is 0 Å². The van der Waals surface area contributed by atoms with Gasteiger partial charge >= 0.3 is 6.16 Å². The zero-order valence-electron chi connectivity index (χ0n) is 9.10. The van der Waals surface area contributed by atoms with Crippen LogP contribution in [0.1, 0.15) is 19.4 Å². The van der Waals surface area contributed by atoms with Crippen LogP contribution in [0, 0.1) is 0 Å². The summed E-state index contributed by atoms with van der Waals surface area (Å²) in [6.07, 6.45) is -0.0491. The molecule has 0 saturated heterocycles. The van der Waals surface area contributed by atoms with Gasteiger partial charge in [0.25, 0.3) is 0 Å². The van der Waals surface area contributed by atoms with E-state index in [4.69, 9.17) is 4.74 Å². The molecule has 1 aromatic carbocycles. The van der Waals surface area contributed by atoms with Gasteiger partial charge in [0.1, 0.15) is 6.10 Å². The average molecular weight is 208 g/mol. The van der Waals surface area contributed by atoms with Crippen LogP contribution in [0.3, 0.4) is 0 Å². The molecule has 1 rings (SSSR count). The summed E-state index contributed by atoms with van der Waals surface area (Å²) in [4.78, 5) is 11.0. The number of carbonyl (C=O) groups is 1. The van der Waals surface area contributed by atoms with Crippen molar-refractivity contribution in [2.24, 2.45) is 0 Å². The van der Waals surface area contributed by atoms with Gasteiger partial charge in [-0.3, -0.25) is 0 Å². The lowest BCUT2D eigenvalue weighted by Gasteiger charge is -2.12. The maximum absolute atomic E-state index is 11.0. The summed E-state index contributed by atoms with van der Waals surface area (Å²) in [5, 5.41) is 0. The Morgan fingerprint density at radius 3 is 2.60 bits per heavy atom. The summed E-state index contributed by atoms with van der Waals surface area (Å²) in [6.45, 7) is 3.95. The molecule has 0 aliphatic heterocycles. The van der Waals surface area contributed by atoms with Crippen LogP contribution < -0.4 is 0 Å². The predicted molar refractivity (Wildman–Crippen MR) is 57.7 cm³/mol. The van der Waals surface area contributed by atoms with Crippen LogP contribution in [-0.2, 0) is 15.9 Å². The second kappa shape index (κ2) is 6.06. The lowest BCUT2D eigenvalue weighted by atomic mass is 10.1. The zero-order chi connectivity index (χ0) is 11.1. The van der Waals surface area contributed by atoms with Crippen molar-refractivity contribution < 1.29 is 14.3 Å². The fraction of sp³-hybridized carbons (Fsp3) is 0.417. The third-order valence-corrected chi connectivity index (χ3v) is 1.93. The highest BCUT2D eigenvalue weighted by molar-refractivity contribution is 5.60. The Morgan fingerprint density at radius 1 is 1.33 bits per heavy atom. The molecule has 0 fully saturated rings. The third-order valence-electron chi connectivity index (χ3n) is 1.93. The lowest BCUT2D eigenvalue weighted by molar-refractivity contribution is 0.0324. The van der Waals surface area contributed by atoms with E-state index in [1.54, 1.807) is 6.92 Å². The summed E-state index contributed by atoms with van der Waals surface area (Å²) in [7, 11) is 0. The van der Waals surface area contributed by atoms with Gasteiger partial charge in [-0.25, -0.2) is 4.79 Å². The molecule has 0 saturated carbocycles. The van der Waals surface area contributed by atoms with E-state index in [0.29, 0.717) is 13.0 Å². The van der Waals surface area contributed by atoms with Crippen molar-refractivity contribution in [3.63, 3.8) is 0 Å². The zero-order valence-corrected chi connectivity index (χ0v) is 9.10. The fourth-order valence-corrected chi connectivity index (χ4v) is 1.30. The molecular formula is C12H16O3. The molecule has 0 N–H and O–H groups in total. The highest BCUT2D eigenvalue weighted by Gasteiger charge is 2.10. The minimum absolute atomic E-state index is 0.161. The van der Waals surface area contributed by atoms with Crippen molar-refractivity contribution in [1.82, 2.24) is 0 Å². The lowest BCUT2D eigenvalue weighted by Crippen LogP contribution is -2.18. The standard InChI is InChI=1S/C12H16O3/c1-3-14-12(13)15-10(2)9-11-7-5-4-6-8-11/h4-8,10H,3,9H2,1-2H3. The molecular weight excluding hydrogens is 192 g/mol. The van der Waals surface area contributed by atoms with Crippen LogP contribution in [0.2, 0.25) is 0 Å². The van der Waals surface area contributed by atoms with Crippen LogP contribution in [0.15, 0.2) is 30.3 Å². The van der Waals surface area contributed by atoms with Crippen molar-refractivity contribution in [3.05, 3.63) is 35.9 Å². The van der Waals surface area contributed by atoms with Crippen LogP contribution in [-0.4, -0.2) is 18.9 Å². The van der Waals surface area contributed by atoms with Gasteiger partial charge in [0, 0.05) is 6.42 Å². The Balaban J connectivity index is 2.36. The number of ether oxygens (including phenoxy) is 2. The minimum atomic E-state index is -0.596. The van der Waals surface area contributed by atoms with Gasteiger partial charge in [-0.05, 0) is 19.4 Å². The van der Waals surface area contributed by atoms with Crippen LogP contribution in [0.4, 0.5) is 4.79 Å². The van der Waals surface area contributed by atoms with Crippen LogP contribution in [0.25, 0.3) is 0 Å². The molecule has 0 bridgehead atoms. The third kappa shape index (κ3) is 4.49. The summed E-state index contributed by atoms with van der Waals surface area (Å²) < 4.78 is 9.72. The first-order valence-corrected chi connectivity index (χ1v) is 5.09. The summed E-state index contributed by atoms with van der Waals surface area (Å²) in [5.74, 6) is 0. The molecule has 1 unspecified atom stereocenters. The number of carbonyl (C=O) groups excluding carboxylic acids is 1. The van der Waals surface area contributed by atoms with Gasteiger partial charge in [0.15, 0.2) is 0 Å². The topological polar surface area (TPSA) is 35.5 Å². The van der Waals surface area contributed by atoms with E-state index in [-0.39, 0.29) is 6.10 Å². The van der Waals surface area contributed by atoms with Gasteiger partial charge in [-0.1, -0.05) is 30.3 Å². The minimum Gasteiger partial charge on any atom is -0.435 e. The van der Waals surface area contributed by atoms with E-state index in [9.17, 15) is 4.79 Å². The van der Waals surface area contributed by atoms with Crippen LogP contribution >= 0.6 is 0 Å². The monoisotopic (exact) mass is 208 g/mol.